The Morgan fingerprint density at radius 3 is 2.67 bits per heavy atom. The van der Waals surface area contributed by atoms with Crippen LogP contribution in [0.25, 0.3) is 0 Å². The highest BCUT2D eigenvalue weighted by atomic mass is 32.1. The van der Waals surface area contributed by atoms with E-state index in [1.807, 2.05) is 13.1 Å². The lowest BCUT2D eigenvalue weighted by molar-refractivity contribution is 0.102. The highest BCUT2D eigenvalue weighted by Gasteiger charge is 2.15. The summed E-state index contributed by atoms with van der Waals surface area (Å²) in [6.07, 6.45) is 1.57. The largest absolute Gasteiger partial charge is 0.359 e. The van der Waals surface area contributed by atoms with Crippen molar-refractivity contribution in [1.82, 2.24) is 15.2 Å². The molecule has 0 saturated carbocycles. The summed E-state index contributed by atoms with van der Waals surface area (Å²) in [7, 11) is 1.99. The van der Waals surface area contributed by atoms with Crippen LogP contribution in [0.4, 0.5) is 10.9 Å². The predicted octanol–water partition coefficient (Wildman–Crippen LogP) is 2.67. The molecule has 0 bridgehead atoms. The summed E-state index contributed by atoms with van der Waals surface area (Å²) in [6, 6.07) is 3.61. The summed E-state index contributed by atoms with van der Waals surface area (Å²) in [5, 5.41) is 10.6. The van der Waals surface area contributed by atoms with Crippen LogP contribution in [0.15, 0.2) is 23.8 Å². The first-order chi connectivity index (χ1) is 9.85. The van der Waals surface area contributed by atoms with E-state index in [0.29, 0.717) is 10.7 Å². The Morgan fingerprint density at radius 2 is 2.14 bits per heavy atom. The second-order valence-electron chi connectivity index (χ2n) is 6.02. The molecule has 21 heavy (non-hydrogen) atoms. The van der Waals surface area contributed by atoms with Gasteiger partial charge in [0, 0.05) is 19.8 Å². The first-order valence-electron chi connectivity index (χ1n) is 6.60. The van der Waals surface area contributed by atoms with Gasteiger partial charge < -0.3 is 4.90 Å². The molecule has 2 heterocycles. The number of amides is 1. The number of anilines is 2. The van der Waals surface area contributed by atoms with Crippen LogP contribution >= 0.6 is 11.3 Å². The number of rotatable bonds is 4. The summed E-state index contributed by atoms with van der Waals surface area (Å²) in [5.74, 6) is 0.613. The third-order valence-corrected chi connectivity index (χ3v) is 3.30. The van der Waals surface area contributed by atoms with Gasteiger partial charge in [0.2, 0.25) is 5.13 Å². The zero-order valence-corrected chi connectivity index (χ0v) is 13.4. The van der Waals surface area contributed by atoms with Gasteiger partial charge in [-0.3, -0.25) is 10.1 Å². The van der Waals surface area contributed by atoms with Crippen LogP contribution in [-0.2, 0) is 0 Å². The van der Waals surface area contributed by atoms with Crippen molar-refractivity contribution in [2.75, 3.05) is 23.8 Å². The van der Waals surface area contributed by atoms with Crippen LogP contribution in [0.1, 0.15) is 31.1 Å². The Hall–Kier alpha value is -2.02. The molecular formula is C14H19N5OS. The highest BCUT2D eigenvalue weighted by molar-refractivity contribution is 7.13. The molecule has 112 valence electrons. The second kappa shape index (κ2) is 6.17. The zero-order valence-electron chi connectivity index (χ0n) is 12.6. The normalized spacial score (nSPS) is 11.2. The predicted molar refractivity (Wildman–Crippen MR) is 84.8 cm³/mol. The maximum absolute atomic E-state index is 12.0. The number of hydrogen-bond acceptors (Lipinski definition) is 6. The van der Waals surface area contributed by atoms with Gasteiger partial charge in [0.25, 0.3) is 5.91 Å². The first-order valence-corrected chi connectivity index (χ1v) is 7.48. The standard InChI is InChI=1S/C14H19N5OS/c1-14(2,3)8-19(4)11-6-5-10(7-15-11)12(20)17-13-18-16-9-21-13/h5-7,9H,8H2,1-4H3,(H,17,18,20). The fourth-order valence-corrected chi connectivity index (χ4v) is 2.38. The summed E-state index contributed by atoms with van der Waals surface area (Å²) in [4.78, 5) is 18.4. The number of pyridine rings is 1. The van der Waals surface area contributed by atoms with Crippen molar-refractivity contribution < 1.29 is 4.79 Å². The second-order valence-corrected chi connectivity index (χ2v) is 6.85. The Bertz CT molecular complexity index is 589. The Balaban J connectivity index is 2.03. The number of hydrogen-bond donors (Lipinski definition) is 1. The minimum atomic E-state index is -0.232. The van der Waals surface area contributed by atoms with Gasteiger partial charge in [-0.15, -0.1) is 10.2 Å². The number of nitrogens with one attached hydrogen (secondary N) is 1. The van der Waals surface area contributed by atoms with Crippen LogP contribution in [0, 0.1) is 5.41 Å². The van der Waals surface area contributed by atoms with Crippen molar-refractivity contribution in [1.29, 1.82) is 0 Å². The molecule has 2 aromatic heterocycles. The van der Waals surface area contributed by atoms with E-state index in [1.54, 1.807) is 17.8 Å². The van der Waals surface area contributed by atoms with E-state index in [0.717, 1.165) is 12.4 Å². The van der Waals surface area contributed by atoms with Crippen LogP contribution < -0.4 is 10.2 Å². The van der Waals surface area contributed by atoms with Crippen LogP contribution in [0.5, 0.6) is 0 Å². The number of aromatic nitrogens is 3. The molecule has 2 rings (SSSR count). The van der Waals surface area contributed by atoms with E-state index in [4.69, 9.17) is 0 Å². The van der Waals surface area contributed by atoms with Gasteiger partial charge in [-0.05, 0) is 17.5 Å². The van der Waals surface area contributed by atoms with Crippen LogP contribution in [-0.4, -0.2) is 34.7 Å². The van der Waals surface area contributed by atoms with Crippen molar-refractivity contribution in [3.05, 3.63) is 29.4 Å². The molecule has 0 atom stereocenters. The minimum Gasteiger partial charge on any atom is -0.359 e. The van der Waals surface area contributed by atoms with Crippen molar-refractivity contribution in [2.45, 2.75) is 20.8 Å². The molecule has 1 amide bonds. The van der Waals surface area contributed by atoms with Crippen LogP contribution in [0.3, 0.4) is 0 Å². The smallest absolute Gasteiger partial charge is 0.259 e. The van der Waals surface area contributed by atoms with Gasteiger partial charge in [0.15, 0.2) is 0 Å². The van der Waals surface area contributed by atoms with E-state index in [-0.39, 0.29) is 11.3 Å². The van der Waals surface area contributed by atoms with Crippen molar-refractivity contribution >= 4 is 28.2 Å². The summed E-state index contributed by atoms with van der Waals surface area (Å²) >= 11 is 1.28. The zero-order chi connectivity index (χ0) is 15.5. The molecular weight excluding hydrogens is 286 g/mol. The SMILES string of the molecule is CN(CC(C)(C)C)c1ccc(C(=O)Nc2nncs2)cn1. The quantitative estimate of drug-likeness (QED) is 0.940. The van der Waals surface area contributed by atoms with Gasteiger partial charge in [-0.2, -0.15) is 0 Å². The molecule has 0 aromatic carbocycles. The Kier molecular flexibility index (Phi) is 4.52. The van der Waals surface area contributed by atoms with Crippen molar-refractivity contribution in [3.63, 3.8) is 0 Å². The van der Waals surface area contributed by atoms with E-state index in [2.05, 4.69) is 46.2 Å². The molecule has 0 unspecified atom stereocenters. The molecule has 2 aromatic rings. The van der Waals surface area contributed by atoms with E-state index in [9.17, 15) is 4.79 Å². The highest BCUT2D eigenvalue weighted by Crippen LogP contribution is 2.19. The molecule has 0 radical (unpaired) electrons. The average Bonchev–Trinajstić information content (AvgIpc) is 2.90. The Labute approximate surface area is 128 Å². The van der Waals surface area contributed by atoms with Crippen molar-refractivity contribution in [3.8, 4) is 0 Å². The van der Waals surface area contributed by atoms with Gasteiger partial charge in [-0.1, -0.05) is 32.1 Å². The molecule has 0 aliphatic heterocycles. The molecule has 6 nitrogen and oxygen atoms in total. The monoisotopic (exact) mass is 305 g/mol. The molecule has 7 heteroatoms. The van der Waals surface area contributed by atoms with E-state index in [1.165, 1.54) is 11.3 Å². The van der Waals surface area contributed by atoms with E-state index < -0.39 is 0 Å². The maximum Gasteiger partial charge on any atom is 0.259 e. The fraction of sp³-hybridized carbons (Fsp3) is 0.429. The molecule has 0 aliphatic rings. The molecule has 1 N–H and O–H groups in total. The Morgan fingerprint density at radius 1 is 1.38 bits per heavy atom. The van der Waals surface area contributed by atoms with Gasteiger partial charge >= 0.3 is 0 Å². The third kappa shape index (κ3) is 4.49. The number of carbonyl (C=O) groups is 1. The summed E-state index contributed by atoms with van der Waals surface area (Å²) in [5.41, 5.74) is 2.25. The summed E-state index contributed by atoms with van der Waals surface area (Å²) in [6.45, 7) is 7.41. The fourth-order valence-electron chi connectivity index (χ4n) is 1.94. The van der Waals surface area contributed by atoms with Gasteiger partial charge in [0.1, 0.15) is 11.3 Å². The first kappa shape index (κ1) is 15.4. The lowest BCUT2D eigenvalue weighted by Gasteiger charge is -2.27. The summed E-state index contributed by atoms with van der Waals surface area (Å²) < 4.78 is 0. The average molecular weight is 305 g/mol. The number of nitrogens with zero attached hydrogens (tertiary/aromatic N) is 4. The molecule has 0 saturated heterocycles. The lowest BCUT2D eigenvalue weighted by atomic mass is 9.96. The van der Waals surface area contributed by atoms with Gasteiger partial charge in [-0.25, -0.2) is 4.98 Å². The maximum atomic E-state index is 12.0. The van der Waals surface area contributed by atoms with Crippen LogP contribution in [0.2, 0.25) is 0 Å². The van der Waals surface area contributed by atoms with Gasteiger partial charge in [0.05, 0.1) is 5.56 Å². The molecule has 0 aliphatic carbocycles. The molecule has 0 spiro atoms. The lowest BCUT2D eigenvalue weighted by Crippen LogP contribution is -2.29. The van der Waals surface area contributed by atoms with E-state index >= 15 is 0 Å². The third-order valence-electron chi connectivity index (χ3n) is 2.69. The molecule has 0 fully saturated rings. The topological polar surface area (TPSA) is 71.0 Å². The van der Waals surface area contributed by atoms with Crippen molar-refractivity contribution in [2.24, 2.45) is 5.41 Å². The minimum absolute atomic E-state index is 0.185. The number of carbonyl (C=O) groups excluding carboxylic acids is 1.